The minimum absolute atomic E-state index is 0.805. The van der Waals surface area contributed by atoms with E-state index in [4.69, 9.17) is 0 Å². The highest BCUT2D eigenvalue weighted by atomic mass is 32.1. The second-order valence-electron chi connectivity index (χ2n) is 5.57. The molecule has 0 radical (unpaired) electrons. The molecule has 4 heterocycles. The molecule has 0 fully saturated rings. The molecule has 4 nitrogen and oxygen atoms in total. The van der Waals surface area contributed by atoms with Crippen LogP contribution < -0.4 is 5.32 Å². The summed E-state index contributed by atoms with van der Waals surface area (Å²) in [5.41, 5.74) is 6.10. The number of rotatable bonds is 4. The minimum Gasteiger partial charge on any atom is -0.373 e. The molecule has 0 spiro atoms. The molecule has 1 N–H and O–H groups in total. The summed E-state index contributed by atoms with van der Waals surface area (Å²) in [4.78, 5) is 13.5. The Morgan fingerprint density at radius 1 is 0.880 bits per heavy atom. The summed E-state index contributed by atoms with van der Waals surface area (Å²) in [6.45, 7) is 0. The number of nitrogens with zero attached hydrogens (tertiary/aromatic N) is 3. The van der Waals surface area contributed by atoms with Gasteiger partial charge in [-0.1, -0.05) is 6.07 Å². The number of anilines is 1. The normalized spacial score (nSPS) is 10.6. The van der Waals surface area contributed by atoms with Crippen LogP contribution in [0.25, 0.3) is 33.6 Å². The molecule has 4 aromatic rings. The van der Waals surface area contributed by atoms with Crippen molar-refractivity contribution in [3.8, 4) is 33.6 Å². The molecule has 122 valence electrons. The molecule has 0 amide bonds. The van der Waals surface area contributed by atoms with Gasteiger partial charge in [-0.05, 0) is 58.3 Å². The third kappa shape index (κ3) is 3.27. The summed E-state index contributed by atoms with van der Waals surface area (Å²) < 4.78 is 0. The van der Waals surface area contributed by atoms with E-state index in [-0.39, 0.29) is 0 Å². The molecule has 4 aromatic heterocycles. The van der Waals surface area contributed by atoms with Crippen LogP contribution >= 0.6 is 11.3 Å². The average molecular weight is 344 g/mol. The summed E-state index contributed by atoms with van der Waals surface area (Å²) in [6.07, 6.45) is 5.56. The van der Waals surface area contributed by atoms with Gasteiger partial charge in [-0.3, -0.25) is 9.97 Å². The summed E-state index contributed by atoms with van der Waals surface area (Å²) in [6, 6.07) is 14.2. The molecule has 0 aliphatic carbocycles. The average Bonchev–Trinajstić information content (AvgIpc) is 3.23. The zero-order valence-electron chi connectivity index (χ0n) is 13.7. The van der Waals surface area contributed by atoms with Crippen LogP contribution in [0.4, 0.5) is 5.82 Å². The van der Waals surface area contributed by atoms with Gasteiger partial charge in [0.05, 0.1) is 11.4 Å². The molecule has 0 aliphatic heterocycles. The highest BCUT2D eigenvalue weighted by Crippen LogP contribution is 2.30. The number of hydrogen-bond donors (Lipinski definition) is 1. The van der Waals surface area contributed by atoms with Crippen molar-refractivity contribution in [1.82, 2.24) is 15.0 Å². The van der Waals surface area contributed by atoms with Crippen LogP contribution in [0.3, 0.4) is 0 Å². The Hall–Kier alpha value is -3.05. The van der Waals surface area contributed by atoms with Crippen molar-refractivity contribution in [2.45, 2.75) is 0 Å². The first-order valence-corrected chi connectivity index (χ1v) is 8.87. The molecule has 0 saturated carbocycles. The van der Waals surface area contributed by atoms with Gasteiger partial charge in [0.25, 0.3) is 0 Å². The van der Waals surface area contributed by atoms with Crippen LogP contribution in [0.5, 0.6) is 0 Å². The van der Waals surface area contributed by atoms with Gasteiger partial charge >= 0.3 is 0 Å². The molecule has 25 heavy (non-hydrogen) atoms. The Morgan fingerprint density at radius 3 is 2.48 bits per heavy atom. The Balaban J connectivity index is 1.81. The first kappa shape index (κ1) is 15.5. The molecule has 0 aromatic carbocycles. The van der Waals surface area contributed by atoms with Crippen LogP contribution in [0.1, 0.15) is 0 Å². The van der Waals surface area contributed by atoms with Gasteiger partial charge in [0.15, 0.2) is 0 Å². The lowest BCUT2D eigenvalue weighted by molar-refractivity contribution is 1.23. The SMILES string of the molecule is CNc1cc(-c2cncc(-c3ccsc3)c2)cc(-c2ccccn2)n1. The third-order valence-electron chi connectivity index (χ3n) is 3.93. The summed E-state index contributed by atoms with van der Waals surface area (Å²) >= 11 is 1.69. The summed E-state index contributed by atoms with van der Waals surface area (Å²) in [5, 5.41) is 7.34. The molecule has 4 rings (SSSR count). The number of thiophene rings is 1. The Morgan fingerprint density at radius 2 is 1.76 bits per heavy atom. The summed E-state index contributed by atoms with van der Waals surface area (Å²) in [7, 11) is 1.87. The standard InChI is InChI=1S/C20H16N4S/c1-21-20-10-15(9-19(24-20)18-4-2-3-6-23-18)17-8-16(11-22-12-17)14-5-7-25-13-14/h2-13H,1H3,(H,21,24). The summed E-state index contributed by atoms with van der Waals surface area (Å²) in [5.74, 6) is 0.805. The molecule has 0 atom stereocenters. The monoisotopic (exact) mass is 344 g/mol. The van der Waals surface area contributed by atoms with Gasteiger partial charge in [-0.15, -0.1) is 0 Å². The van der Waals surface area contributed by atoms with E-state index in [2.05, 4.69) is 49.2 Å². The van der Waals surface area contributed by atoms with Crippen LogP contribution in [0.2, 0.25) is 0 Å². The van der Waals surface area contributed by atoms with Crippen molar-refractivity contribution in [2.75, 3.05) is 12.4 Å². The number of nitrogens with one attached hydrogen (secondary N) is 1. The van der Waals surface area contributed by atoms with E-state index in [1.165, 1.54) is 5.56 Å². The van der Waals surface area contributed by atoms with E-state index in [0.29, 0.717) is 0 Å². The largest absolute Gasteiger partial charge is 0.373 e. The van der Waals surface area contributed by atoms with Gasteiger partial charge in [0, 0.05) is 36.8 Å². The topological polar surface area (TPSA) is 50.7 Å². The van der Waals surface area contributed by atoms with E-state index >= 15 is 0 Å². The lowest BCUT2D eigenvalue weighted by Crippen LogP contribution is -1.96. The fourth-order valence-corrected chi connectivity index (χ4v) is 3.32. The first-order chi connectivity index (χ1) is 12.3. The maximum absolute atomic E-state index is 4.63. The van der Waals surface area contributed by atoms with Crippen molar-refractivity contribution in [2.24, 2.45) is 0 Å². The number of hydrogen-bond acceptors (Lipinski definition) is 5. The van der Waals surface area contributed by atoms with Gasteiger partial charge in [0.1, 0.15) is 5.82 Å². The van der Waals surface area contributed by atoms with Crippen LogP contribution in [-0.2, 0) is 0 Å². The Bertz CT molecular complexity index is 982. The van der Waals surface area contributed by atoms with Gasteiger partial charge < -0.3 is 5.32 Å². The van der Waals surface area contributed by atoms with Crippen molar-refractivity contribution in [1.29, 1.82) is 0 Å². The van der Waals surface area contributed by atoms with Crippen LogP contribution in [0, 0.1) is 0 Å². The second kappa shape index (κ2) is 6.83. The molecule has 0 saturated heterocycles. The lowest BCUT2D eigenvalue weighted by Gasteiger charge is -2.09. The zero-order valence-corrected chi connectivity index (χ0v) is 14.5. The first-order valence-electron chi connectivity index (χ1n) is 7.93. The van der Waals surface area contributed by atoms with Crippen LogP contribution in [-0.4, -0.2) is 22.0 Å². The molecule has 0 bridgehead atoms. The van der Waals surface area contributed by atoms with Gasteiger partial charge in [-0.25, -0.2) is 4.98 Å². The quantitative estimate of drug-likeness (QED) is 0.567. The molecular weight excluding hydrogens is 328 g/mol. The van der Waals surface area contributed by atoms with E-state index < -0.39 is 0 Å². The second-order valence-corrected chi connectivity index (χ2v) is 6.35. The van der Waals surface area contributed by atoms with E-state index in [9.17, 15) is 0 Å². The predicted octanol–water partition coefficient (Wildman–Crippen LogP) is 4.98. The zero-order chi connectivity index (χ0) is 17.1. The molecule has 0 unspecified atom stereocenters. The molecular formula is C20H16N4S. The van der Waals surface area contributed by atoms with Gasteiger partial charge in [0.2, 0.25) is 0 Å². The van der Waals surface area contributed by atoms with Crippen molar-refractivity contribution >= 4 is 17.2 Å². The number of pyridine rings is 3. The van der Waals surface area contributed by atoms with Crippen molar-refractivity contribution in [3.05, 3.63) is 71.8 Å². The van der Waals surface area contributed by atoms with Crippen molar-refractivity contribution in [3.63, 3.8) is 0 Å². The number of aromatic nitrogens is 3. The Labute approximate surface area is 150 Å². The van der Waals surface area contributed by atoms with E-state index in [1.807, 2.05) is 43.7 Å². The minimum atomic E-state index is 0.805. The fraction of sp³-hybridized carbons (Fsp3) is 0.0500. The van der Waals surface area contributed by atoms with E-state index in [1.54, 1.807) is 17.5 Å². The maximum Gasteiger partial charge on any atom is 0.127 e. The highest BCUT2D eigenvalue weighted by Gasteiger charge is 2.09. The molecule has 0 aliphatic rings. The molecule has 5 heteroatoms. The third-order valence-corrected chi connectivity index (χ3v) is 4.62. The van der Waals surface area contributed by atoms with Crippen LogP contribution in [0.15, 0.2) is 71.8 Å². The Kier molecular flexibility index (Phi) is 4.23. The van der Waals surface area contributed by atoms with Crippen molar-refractivity contribution < 1.29 is 0 Å². The predicted molar refractivity (Wildman–Crippen MR) is 104 cm³/mol. The maximum atomic E-state index is 4.63. The van der Waals surface area contributed by atoms with Gasteiger partial charge in [-0.2, -0.15) is 11.3 Å². The smallest absolute Gasteiger partial charge is 0.127 e. The fourth-order valence-electron chi connectivity index (χ4n) is 2.66. The highest BCUT2D eigenvalue weighted by molar-refractivity contribution is 7.08. The van der Waals surface area contributed by atoms with E-state index in [0.717, 1.165) is 33.9 Å². The lowest BCUT2D eigenvalue weighted by atomic mass is 10.0.